The minimum Gasteiger partial charge on any atom is -0.339 e. The molecular formula is C17H20ClN7O2. The Hall–Kier alpha value is -2.65. The molecule has 3 N–H and O–H groups in total. The van der Waals surface area contributed by atoms with Crippen LogP contribution in [0.25, 0.3) is 11.6 Å². The third kappa shape index (κ3) is 3.74. The number of H-pyrrole nitrogens is 1. The van der Waals surface area contributed by atoms with Crippen molar-refractivity contribution in [2.24, 2.45) is 5.73 Å². The second-order valence-corrected chi connectivity index (χ2v) is 6.60. The Labute approximate surface area is 161 Å². The van der Waals surface area contributed by atoms with E-state index in [1.807, 2.05) is 0 Å². The number of hydrogen-bond donors (Lipinski definition) is 2. The molecular weight excluding hydrogens is 370 g/mol. The van der Waals surface area contributed by atoms with Crippen molar-refractivity contribution in [3.05, 3.63) is 51.8 Å². The first-order valence-corrected chi connectivity index (χ1v) is 8.54. The quantitative estimate of drug-likeness (QED) is 0.687. The maximum Gasteiger partial charge on any atom is 0.255 e. The zero-order valence-electron chi connectivity index (χ0n) is 14.8. The molecule has 4 rings (SSSR count). The van der Waals surface area contributed by atoms with Gasteiger partial charge in [-0.1, -0.05) is 18.0 Å². The lowest BCUT2D eigenvalue weighted by molar-refractivity contribution is 0.352. The third-order valence-electron chi connectivity index (χ3n) is 4.74. The molecule has 1 aliphatic carbocycles. The number of hydrogen-bond acceptors (Lipinski definition) is 8. The molecule has 0 saturated heterocycles. The van der Waals surface area contributed by atoms with Gasteiger partial charge in [0.1, 0.15) is 0 Å². The molecule has 3 heterocycles. The Morgan fingerprint density at radius 2 is 1.93 bits per heavy atom. The van der Waals surface area contributed by atoms with E-state index in [4.69, 9.17) is 10.3 Å². The molecule has 0 unspecified atom stereocenters. The fourth-order valence-electron chi connectivity index (χ4n) is 3.26. The van der Waals surface area contributed by atoms with Crippen LogP contribution in [0.5, 0.6) is 0 Å². The largest absolute Gasteiger partial charge is 0.339 e. The number of aromatic amines is 1. The van der Waals surface area contributed by atoms with Crippen LogP contribution in [0.4, 0.5) is 0 Å². The molecule has 0 radical (unpaired) electrons. The molecule has 1 aliphatic rings. The van der Waals surface area contributed by atoms with Gasteiger partial charge in [-0.15, -0.1) is 12.4 Å². The monoisotopic (exact) mass is 389 g/mol. The highest BCUT2D eigenvalue weighted by molar-refractivity contribution is 5.85. The summed E-state index contributed by atoms with van der Waals surface area (Å²) in [5, 5.41) is 4.03. The molecule has 0 atom stereocenters. The molecule has 3 aromatic heterocycles. The Kier molecular flexibility index (Phi) is 5.33. The summed E-state index contributed by atoms with van der Waals surface area (Å²) in [5.74, 6) is 1.57. The summed E-state index contributed by atoms with van der Waals surface area (Å²) in [4.78, 5) is 32.2. The number of aryl methyl sites for hydroxylation is 1. The number of aromatic nitrogens is 6. The van der Waals surface area contributed by atoms with E-state index in [1.165, 1.54) is 0 Å². The van der Waals surface area contributed by atoms with E-state index < -0.39 is 5.54 Å². The van der Waals surface area contributed by atoms with Crippen LogP contribution in [0.15, 0.2) is 27.8 Å². The summed E-state index contributed by atoms with van der Waals surface area (Å²) in [6.45, 7) is 1.76. The smallest absolute Gasteiger partial charge is 0.255 e. The van der Waals surface area contributed by atoms with E-state index in [0.29, 0.717) is 34.6 Å². The first-order chi connectivity index (χ1) is 12.5. The molecule has 0 bridgehead atoms. The van der Waals surface area contributed by atoms with Crippen molar-refractivity contribution in [1.29, 1.82) is 0 Å². The van der Waals surface area contributed by atoms with E-state index >= 15 is 0 Å². The van der Waals surface area contributed by atoms with E-state index in [0.717, 1.165) is 25.7 Å². The second-order valence-electron chi connectivity index (χ2n) is 6.60. The maximum atomic E-state index is 12.5. The zero-order valence-corrected chi connectivity index (χ0v) is 15.6. The minimum absolute atomic E-state index is 0. The molecule has 0 aromatic carbocycles. The highest BCUT2D eigenvalue weighted by atomic mass is 35.5. The van der Waals surface area contributed by atoms with Gasteiger partial charge in [0.05, 0.1) is 12.0 Å². The highest BCUT2D eigenvalue weighted by Crippen LogP contribution is 2.34. The Morgan fingerprint density at radius 3 is 2.59 bits per heavy atom. The summed E-state index contributed by atoms with van der Waals surface area (Å²) in [7, 11) is 0. The first kappa shape index (κ1) is 19.1. The fourth-order valence-corrected chi connectivity index (χ4v) is 3.26. The van der Waals surface area contributed by atoms with E-state index in [9.17, 15) is 4.79 Å². The number of halogens is 1. The predicted molar refractivity (Wildman–Crippen MR) is 99.3 cm³/mol. The predicted octanol–water partition coefficient (Wildman–Crippen LogP) is 1.66. The van der Waals surface area contributed by atoms with E-state index in [-0.39, 0.29) is 24.4 Å². The van der Waals surface area contributed by atoms with Gasteiger partial charge in [-0.25, -0.2) is 15.0 Å². The van der Waals surface area contributed by atoms with Gasteiger partial charge >= 0.3 is 0 Å². The van der Waals surface area contributed by atoms with Gasteiger partial charge in [-0.2, -0.15) is 4.98 Å². The zero-order chi connectivity index (χ0) is 18.1. The molecule has 3 aromatic rings. The molecule has 0 spiro atoms. The molecule has 27 heavy (non-hydrogen) atoms. The minimum atomic E-state index is -0.518. The van der Waals surface area contributed by atoms with Crippen molar-refractivity contribution in [1.82, 2.24) is 30.1 Å². The van der Waals surface area contributed by atoms with Gasteiger partial charge in [-0.3, -0.25) is 4.79 Å². The van der Waals surface area contributed by atoms with Gasteiger partial charge in [0, 0.05) is 23.7 Å². The van der Waals surface area contributed by atoms with Crippen LogP contribution in [0.2, 0.25) is 0 Å². The van der Waals surface area contributed by atoms with Crippen molar-refractivity contribution < 1.29 is 4.52 Å². The molecule has 10 heteroatoms. The van der Waals surface area contributed by atoms with Crippen molar-refractivity contribution in [3.63, 3.8) is 0 Å². The summed E-state index contributed by atoms with van der Waals surface area (Å²) < 4.78 is 5.32. The average molecular weight is 390 g/mol. The van der Waals surface area contributed by atoms with Gasteiger partial charge in [0.15, 0.2) is 17.5 Å². The summed E-state index contributed by atoms with van der Waals surface area (Å²) in [6, 6.07) is 1.70. The molecule has 142 valence electrons. The van der Waals surface area contributed by atoms with Gasteiger partial charge < -0.3 is 15.2 Å². The lowest BCUT2D eigenvalue weighted by Crippen LogP contribution is -2.34. The number of nitrogens with zero attached hydrogens (tertiary/aromatic N) is 5. The highest BCUT2D eigenvalue weighted by Gasteiger charge is 2.36. The Balaban J connectivity index is 0.00000210. The summed E-state index contributed by atoms with van der Waals surface area (Å²) >= 11 is 0. The normalized spacial score (nSPS) is 15.5. The maximum absolute atomic E-state index is 12.5. The molecule has 1 saturated carbocycles. The third-order valence-corrected chi connectivity index (χ3v) is 4.74. The van der Waals surface area contributed by atoms with Crippen LogP contribution in [-0.4, -0.2) is 30.1 Å². The second kappa shape index (κ2) is 7.53. The lowest BCUT2D eigenvalue weighted by atomic mass is 9.99. The molecule has 1 fully saturated rings. The SMILES string of the molecule is Cc1nc(-c2ncccn2)[nH]c(=O)c1Cc1nc(C2(N)CCCC2)no1.Cl. The van der Waals surface area contributed by atoms with Gasteiger partial charge in [-0.05, 0) is 25.8 Å². The van der Waals surface area contributed by atoms with Crippen molar-refractivity contribution in [2.75, 3.05) is 0 Å². The average Bonchev–Trinajstić information content (AvgIpc) is 3.29. The number of rotatable bonds is 4. The van der Waals surface area contributed by atoms with Gasteiger partial charge in [0.25, 0.3) is 5.56 Å². The first-order valence-electron chi connectivity index (χ1n) is 8.54. The Morgan fingerprint density at radius 1 is 1.22 bits per heavy atom. The molecule has 0 amide bonds. The summed E-state index contributed by atoms with van der Waals surface area (Å²) in [5.41, 5.74) is 6.60. The summed E-state index contributed by atoms with van der Waals surface area (Å²) in [6.07, 6.45) is 7.21. The van der Waals surface area contributed by atoms with Crippen LogP contribution in [-0.2, 0) is 12.0 Å². The number of nitrogens with one attached hydrogen (secondary N) is 1. The number of nitrogens with two attached hydrogens (primary N) is 1. The standard InChI is InChI=1S/C17H19N7O2.ClH/c1-10-11(15(25)23-14(21-10)13-19-7-4-8-20-13)9-12-22-16(24-26-12)17(18)5-2-3-6-17;/h4,7-8H,2-3,5-6,9,18H2,1H3,(H,21,23,25);1H. The van der Waals surface area contributed by atoms with E-state index in [2.05, 4.69) is 30.1 Å². The van der Waals surface area contributed by atoms with Crippen LogP contribution in [0.1, 0.15) is 48.7 Å². The lowest BCUT2D eigenvalue weighted by Gasteiger charge is -2.17. The van der Waals surface area contributed by atoms with Gasteiger partial charge in [0.2, 0.25) is 5.89 Å². The van der Waals surface area contributed by atoms with Crippen molar-refractivity contribution >= 4 is 12.4 Å². The molecule has 9 nitrogen and oxygen atoms in total. The van der Waals surface area contributed by atoms with Crippen LogP contribution in [0.3, 0.4) is 0 Å². The molecule has 0 aliphatic heterocycles. The van der Waals surface area contributed by atoms with Crippen molar-refractivity contribution in [3.8, 4) is 11.6 Å². The van der Waals surface area contributed by atoms with Crippen LogP contribution in [0, 0.1) is 6.92 Å². The van der Waals surface area contributed by atoms with Crippen LogP contribution < -0.4 is 11.3 Å². The van der Waals surface area contributed by atoms with E-state index in [1.54, 1.807) is 25.4 Å². The Bertz CT molecular complexity index is 980. The van der Waals surface area contributed by atoms with Crippen LogP contribution >= 0.6 is 12.4 Å². The fraction of sp³-hybridized carbons (Fsp3) is 0.412. The van der Waals surface area contributed by atoms with Crippen molar-refractivity contribution in [2.45, 2.75) is 44.6 Å². The topological polar surface area (TPSA) is 136 Å².